The number of rotatable bonds is 6. The van der Waals surface area contributed by atoms with E-state index in [1.54, 1.807) is 0 Å². The van der Waals surface area contributed by atoms with Crippen LogP contribution in [0.3, 0.4) is 0 Å². The molecule has 1 aromatic carbocycles. The third-order valence-corrected chi connectivity index (χ3v) is 3.05. The van der Waals surface area contributed by atoms with Gasteiger partial charge < -0.3 is 14.6 Å². The van der Waals surface area contributed by atoms with Gasteiger partial charge in [0.2, 0.25) is 0 Å². The molecule has 0 spiro atoms. The SMILES string of the molecule is CC(C)Oc1cccc(-c2nc(CNC3CC3)no2)c1. The molecule has 106 valence electrons. The first-order valence-electron chi connectivity index (χ1n) is 7.04. The van der Waals surface area contributed by atoms with Gasteiger partial charge in [-0.3, -0.25) is 0 Å². The smallest absolute Gasteiger partial charge is 0.258 e. The molecule has 5 nitrogen and oxygen atoms in total. The first-order chi connectivity index (χ1) is 9.70. The van der Waals surface area contributed by atoms with Crippen molar-refractivity contribution in [2.75, 3.05) is 0 Å². The summed E-state index contributed by atoms with van der Waals surface area (Å²) in [6.07, 6.45) is 2.64. The molecule has 0 unspecified atom stereocenters. The molecule has 1 aliphatic carbocycles. The Morgan fingerprint density at radius 3 is 3.00 bits per heavy atom. The summed E-state index contributed by atoms with van der Waals surface area (Å²) >= 11 is 0. The summed E-state index contributed by atoms with van der Waals surface area (Å²) in [5.74, 6) is 2.04. The van der Waals surface area contributed by atoms with Crippen LogP contribution in [-0.4, -0.2) is 22.3 Å². The van der Waals surface area contributed by atoms with E-state index in [1.165, 1.54) is 12.8 Å². The molecule has 1 aliphatic rings. The van der Waals surface area contributed by atoms with Gasteiger partial charge in [0.1, 0.15) is 5.75 Å². The van der Waals surface area contributed by atoms with Crippen molar-refractivity contribution in [1.29, 1.82) is 0 Å². The van der Waals surface area contributed by atoms with Gasteiger partial charge in [0.25, 0.3) is 5.89 Å². The Balaban J connectivity index is 1.71. The van der Waals surface area contributed by atoms with Gasteiger partial charge in [-0.2, -0.15) is 4.98 Å². The maximum Gasteiger partial charge on any atom is 0.258 e. The van der Waals surface area contributed by atoms with Crippen LogP contribution in [0.15, 0.2) is 28.8 Å². The summed E-state index contributed by atoms with van der Waals surface area (Å²) in [4.78, 5) is 4.40. The Morgan fingerprint density at radius 1 is 1.40 bits per heavy atom. The third-order valence-electron chi connectivity index (χ3n) is 3.05. The van der Waals surface area contributed by atoms with Crippen LogP contribution in [0.25, 0.3) is 11.5 Å². The van der Waals surface area contributed by atoms with Gasteiger partial charge in [-0.25, -0.2) is 0 Å². The lowest BCUT2D eigenvalue weighted by molar-refractivity contribution is 0.242. The fraction of sp³-hybridized carbons (Fsp3) is 0.467. The van der Waals surface area contributed by atoms with E-state index in [9.17, 15) is 0 Å². The average Bonchev–Trinajstić information content (AvgIpc) is 3.13. The minimum atomic E-state index is 0.145. The topological polar surface area (TPSA) is 60.2 Å². The minimum Gasteiger partial charge on any atom is -0.491 e. The molecule has 0 bridgehead atoms. The number of hydrogen-bond acceptors (Lipinski definition) is 5. The van der Waals surface area contributed by atoms with Gasteiger partial charge in [0.05, 0.1) is 12.6 Å². The summed E-state index contributed by atoms with van der Waals surface area (Å²) in [7, 11) is 0. The highest BCUT2D eigenvalue weighted by Gasteiger charge is 2.21. The number of benzene rings is 1. The Morgan fingerprint density at radius 2 is 2.25 bits per heavy atom. The summed E-state index contributed by atoms with van der Waals surface area (Å²) < 4.78 is 11.0. The molecule has 1 N–H and O–H groups in total. The lowest BCUT2D eigenvalue weighted by atomic mass is 10.2. The third kappa shape index (κ3) is 3.36. The lowest BCUT2D eigenvalue weighted by Gasteiger charge is -2.09. The molecule has 0 saturated heterocycles. The van der Waals surface area contributed by atoms with E-state index in [2.05, 4.69) is 15.5 Å². The zero-order valence-corrected chi connectivity index (χ0v) is 11.8. The van der Waals surface area contributed by atoms with Crippen molar-refractivity contribution in [1.82, 2.24) is 15.5 Å². The van der Waals surface area contributed by atoms with Crippen LogP contribution in [-0.2, 0) is 6.54 Å². The zero-order valence-electron chi connectivity index (χ0n) is 11.8. The van der Waals surface area contributed by atoms with E-state index < -0.39 is 0 Å². The van der Waals surface area contributed by atoms with Crippen molar-refractivity contribution in [3.63, 3.8) is 0 Å². The van der Waals surface area contributed by atoms with E-state index in [-0.39, 0.29) is 6.10 Å². The summed E-state index contributed by atoms with van der Waals surface area (Å²) in [6.45, 7) is 4.67. The zero-order chi connectivity index (χ0) is 13.9. The predicted octanol–water partition coefficient (Wildman–Crippen LogP) is 2.78. The van der Waals surface area contributed by atoms with Gasteiger partial charge >= 0.3 is 0 Å². The Kier molecular flexibility index (Phi) is 3.69. The standard InChI is InChI=1S/C15H19N3O2/c1-10(2)19-13-5-3-4-11(8-13)15-17-14(18-20-15)9-16-12-6-7-12/h3-5,8,10,12,16H,6-7,9H2,1-2H3. The van der Waals surface area contributed by atoms with E-state index in [0.29, 0.717) is 24.3 Å². The second kappa shape index (κ2) is 5.63. The van der Waals surface area contributed by atoms with Crippen molar-refractivity contribution >= 4 is 0 Å². The van der Waals surface area contributed by atoms with Crippen LogP contribution in [0.4, 0.5) is 0 Å². The second-order valence-corrected chi connectivity index (χ2v) is 5.37. The van der Waals surface area contributed by atoms with Crippen molar-refractivity contribution in [2.45, 2.75) is 45.4 Å². The van der Waals surface area contributed by atoms with Gasteiger partial charge in [0.15, 0.2) is 5.82 Å². The largest absolute Gasteiger partial charge is 0.491 e. The molecule has 0 atom stereocenters. The number of hydrogen-bond donors (Lipinski definition) is 1. The molecule has 0 aliphatic heterocycles. The molecule has 1 heterocycles. The van der Waals surface area contributed by atoms with Crippen LogP contribution in [0, 0.1) is 0 Å². The molecular formula is C15H19N3O2. The molecule has 5 heteroatoms. The predicted molar refractivity (Wildman–Crippen MR) is 75.4 cm³/mol. The quantitative estimate of drug-likeness (QED) is 0.877. The van der Waals surface area contributed by atoms with Crippen molar-refractivity contribution in [2.24, 2.45) is 0 Å². The van der Waals surface area contributed by atoms with Crippen molar-refractivity contribution < 1.29 is 9.26 Å². The normalized spacial score (nSPS) is 14.8. The first kappa shape index (κ1) is 13.1. The first-order valence-corrected chi connectivity index (χ1v) is 7.04. The maximum absolute atomic E-state index is 5.67. The van der Waals surface area contributed by atoms with Gasteiger partial charge in [-0.05, 0) is 44.9 Å². The molecule has 1 fully saturated rings. The van der Waals surface area contributed by atoms with Crippen LogP contribution in [0.2, 0.25) is 0 Å². The minimum absolute atomic E-state index is 0.145. The molecular weight excluding hydrogens is 254 g/mol. The molecule has 20 heavy (non-hydrogen) atoms. The van der Waals surface area contributed by atoms with Crippen LogP contribution >= 0.6 is 0 Å². The number of nitrogens with zero attached hydrogens (tertiary/aromatic N) is 2. The van der Waals surface area contributed by atoms with Gasteiger partial charge in [-0.15, -0.1) is 0 Å². The highest BCUT2D eigenvalue weighted by Crippen LogP contribution is 2.23. The Bertz CT molecular complexity index is 576. The maximum atomic E-state index is 5.67. The molecule has 3 rings (SSSR count). The van der Waals surface area contributed by atoms with E-state index in [4.69, 9.17) is 9.26 Å². The summed E-state index contributed by atoms with van der Waals surface area (Å²) in [5.41, 5.74) is 0.883. The number of nitrogens with one attached hydrogen (secondary N) is 1. The number of ether oxygens (including phenoxy) is 1. The van der Waals surface area contributed by atoms with E-state index in [0.717, 1.165) is 11.3 Å². The van der Waals surface area contributed by atoms with Gasteiger partial charge in [-0.1, -0.05) is 11.2 Å². The fourth-order valence-electron chi connectivity index (χ4n) is 1.94. The number of aromatic nitrogens is 2. The van der Waals surface area contributed by atoms with Crippen LogP contribution in [0.1, 0.15) is 32.5 Å². The molecule has 1 saturated carbocycles. The Labute approximate surface area is 118 Å². The van der Waals surface area contributed by atoms with Crippen LogP contribution in [0.5, 0.6) is 5.75 Å². The molecule has 0 radical (unpaired) electrons. The van der Waals surface area contributed by atoms with Crippen molar-refractivity contribution in [3.05, 3.63) is 30.1 Å². The highest BCUT2D eigenvalue weighted by atomic mass is 16.5. The van der Waals surface area contributed by atoms with Crippen molar-refractivity contribution in [3.8, 4) is 17.2 Å². The molecule has 1 aromatic heterocycles. The molecule has 2 aromatic rings. The van der Waals surface area contributed by atoms with Gasteiger partial charge in [0, 0.05) is 11.6 Å². The monoisotopic (exact) mass is 273 g/mol. The van der Waals surface area contributed by atoms with Crippen LogP contribution < -0.4 is 10.1 Å². The fourth-order valence-corrected chi connectivity index (χ4v) is 1.94. The highest BCUT2D eigenvalue weighted by molar-refractivity contribution is 5.55. The summed E-state index contributed by atoms with van der Waals surface area (Å²) in [5, 5.41) is 7.36. The molecule has 0 amide bonds. The second-order valence-electron chi connectivity index (χ2n) is 5.37. The Hall–Kier alpha value is -1.88. The van der Waals surface area contributed by atoms with E-state index in [1.807, 2.05) is 38.1 Å². The lowest BCUT2D eigenvalue weighted by Crippen LogP contribution is -2.16. The summed E-state index contributed by atoms with van der Waals surface area (Å²) in [6, 6.07) is 8.36. The van der Waals surface area contributed by atoms with E-state index >= 15 is 0 Å². The average molecular weight is 273 g/mol.